The molecule has 1 amide bonds. The fourth-order valence-corrected chi connectivity index (χ4v) is 2.63. The topological polar surface area (TPSA) is 49.3 Å². The van der Waals surface area contributed by atoms with Crippen molar-refractivity contribution < 1.29 is 9.90 Å². The van der Waals surface area contributed by atoms with Crippen LogP contribution < -0.4 is 5.32 Å². The lowest BCUT2D eigenvalue weighted by Gasteiger charge is -2.04. The molecule has 21 heavy (non-hydrogen) atoms. The van der Waals surface area contributed by atoms with Gasteiger partial charge in [0.25, 0.3) is 0 Å². The molecular formula is C17H17NO2S. The molecule has 1 heterocycles. The van der Waals surface area contributed by atoms with Crippen molar-refractivity contribution in [2.45, 2.75) is 19.9 Å². The van der Waals surface area contributed by atoms with Crippen LogP contribution in [-0.2, 0) is 17.8 Å². The SMILES string of the molecule is Cc1ccc(CC(=O)NCc2ccc(C#CCO)s2)cc1. The lowest BCUT2D eigenvalue weighted by Crippen LogP contribution is -2.24. The van der Waals surface area contributed by atoms with Gasteiger partial charge in [-0.2, -0.15) is 0 Å². The molecule has 0 fully saturated rings. The average Bonchev–Trinajstić information content (AvgIpc) is 2.93. The zero-order valence-corrected chi connectivity index (χ0v) is 12.7. The zero-order chi connectivity index (χ0) is 15.1. The number of aliphatic hydroxyl groups is 1. The quantitative estimate of drug-likeness (QED) is 0.851. The molecule has 0 saturated carbocycles. The highest BCUT2D eigenvalue weighted by Gasteiger charge is 2.04. The van der Waals surface area contributed by atoms with Gasteiger partial charge in [-0.05, 0) is 24.6 Å². The summed E-state index contributed by atoms with van der Waals surface area (Å²) in [6, 6.07) is 11.8. The van der Waals surface area contributed by atoms with Crippen molar-refractivity contribution in [2.24, 2.45) is 0 Å². The van der Waals surface area contributed by atoms with E-state index in [1.165, 1.54) is 16.9 Å². The highest BCUT2D eigenvalue weighted by Crippen LogP contribution is 2.15. The van der Waals surface area contributed by atoms with Crippen LogP contribution in [0.3, 0.4) is 0 Å². The van der Waals surface area contributed by atoms with Crippen LogP contribution in [0, 0.1) is 18.8 Å². The Morgan fingerprint density at radius 2 is 2.00 bits per heavy atom. The predicted octanol–water partition coefficient (Wildman–Crippen LogP) is 2.26. The number of carbonyl (C=O) groups is 1. The highest BCUT2D eigenvalue weighted by atomic mass is 32.1. The molecule has 2 aromatic rings. The van der Waals surface area contributed by atoms with Crippen LogP contribution >= 0.6 is 11.3 Å². The van der Waals surface area contributed by atoms with Crippen molar-refractivity contribution in [2.75, 3.05) is 6.61 Å². The van der Waals surface area contributed by atoms with Gasteiger partial charge in [-0.1, -0.05) is 41.7 Å². The Balaban J connectivity index is 1.83. The Labute approximate surface area is 128 Å². The van der Waals surface area contributed by atoms with Gasteiger partial charge in [0.15, 0.2) is 0 Å². The summed E-state index contributed by atoms with van der Waals surface area (Å²) in [4.78, 5) is 13.8. The molecule has 0 atom stereocenters. The smallest absolute Gasteiger partial charge is 0.224 e. The van der Waals surface area contributed by atoms with Crippen molar-refractivity contribution >= 4 is 17.2 Å². The summed E-state index contributed by atoms with van der Waals surface area (Å²) >= 11 is 1.52. The van der Waals surface area contributed by atoms with Crippen molar-refractivity contribution in [3.63, 3.8) is 0 Å². The van der Waals surface area contributed by atoms with Crippen LogP contribution in [0.25, 0.3) is 0 Å². The molecule has 2 rings (SSSR count). The summed E-state index contributed by atoms with van der Waals surface area (Å²) in [5.41, 5.74) is 2.20. The van der Waals surface area contributed by atoms with Gasteiger partial charge < -0.3 is 10.4 Å². The predicted molar refractivity (Wildman–Crippen MR) is 85.0 cm³/mol. The Hall–Kier alpha value is -2.09. The van der Waals surface area contributed by atoms with Gasteiger partial charge in [0.1, 0.15) is 6.61 Å². The maximum atomic E-state index is 11.9. The number of thiophene rings is 1. The molecule has 4 heteroatoms. The number of aliphatic hydroxyl groups excluding tert-OH is 1. The van der Waals surface area contributed by atoms with Crippen LogP contribution in [0.2, 0.25) is 0 Å². The van der Waals surface area contributed by atoms with E-state index in [9.17, 15) is 4.79 Å². The number of carbonyl (C=O) groups excluding carboxylic acids is 1. The maximum Gasteiger partial charge on any atom is 0.224 e. The van der Waals surface area contributed by atoms with Crippen LogP contribution in [0.4, 0.5) is 0 Å². The highest BCUT2D eigenvalue weighted by molar-refractivity contribution is 7.12. The van der Waals surface area contributed by atoms with E-state index in [4.69, 9.17) is 5.11 Å². The number of aryl methyl sites for hydroxylation is 1. The van der Waals surface area contributed by atoms with Crippen LogP contribution in [0.1, 0.15) is 20.9 Å². The average molecular weight is 299 g/mol. The lowest BCUT2D eigenvalue weighted by molar-refractivity contribution is -0.120. The molecule has 1 aromatic carbocycles. The van der Waals surface area contributed by atoms with E-state index in [0.29, 0.717) is 13.0 Å². The normalized spacial score (nSPS) is 9.81. The van der Waals surface area contributed by atoms with Gasteiger partial charge in [0.2, 0.25) is 5.91 Å². The molecular weight excluding hydrogens is 282 g/mol. The molecule has 2 N–H and O–H groups in total. The number of nitrogens with one attached hydrogen (secondary N) is 1. The van der Waals surface area contributed by atoms with E-state index >= 15 is 0 Å². The molecule has 0 unspecified atom stereocenters. The van der Waals surface area contributed by atoms with E-state index < -0.39 is 0 Å². The van der Waals surface area contributed by atoms with E-state index in [0.717, 1.165) is 15.3 Å². The lowest BCUT2D eigenvalue weighted by atomic mass is 10.1. The largest absolute Gasteiger partial charge is 0.384 e. The Bertz CT molecular complexity index is 662. The van der Waals surface area contributed by atoms with E-state index in [2.05, 4.69) is 17.2 Å². The monoisotopic (exact) mass is 299 g/mol. The third-order valence-corrected chi connectivity index (χ3v) is 3.90. The van der Waals surface area contributed by atoms with Crippen LogP contribution in [0.5, 0.6) is 0 Å². The Morgan fingerprint density at radius 1 is 1.24 bits per heavy atom. The van der Waals surface area contributed by atoms with E-state index in [-0.39, 0.29) is 12.5 Å². The minimum Gasteiger partial charge on any atom is -0.384 e. The molecule has 0 spiro atoms. The second kappa shape index (κ2) is 7.63. The zero-order valence-electron chi connectivity index (χ0n) is 11.8. The van der Waals surface area contributed by atoms with Gasteiger partial charge in [-0.25, -0.2) is 0 Å². The number of rotatable bonds is 4. The molecule has 0 aliphatic carbocycles. The first kappa shape index (κ1) is 15.3. The van der Waals surface area contributed by atoms with Crippen LogP contribution in [0.15, 0.2) is 36.4 Å². The van der Waals surface area contributed by atoms with Crippen molar-refractivity contribution in [1.82, 2.24) is 5.32 Å². The number of hydrogen-bond acceptors (Lipinski definition) is 3. The molecule has 0 radical (unpaired) electrons. The molecule has 0 aliphatic heterocycles. The second-order valence-corrected chi connectivity index (χ2v) is 5.83. The number of benzene rings is 1. The summed E-state index contributed by atoms with van der Waals surface area (Å²) < 4.78 is 0. The minimum atomic E-state index is -0.138. The summed E-state index contributed by atoms with van der Waals surface area (Å²) in [7, 11) is 0. The van der Waals surface area contributed by atoms with Crippen molar-refractivity contribution in [1.29, 1.82) is 0 Å². The van der Waals surface area contributed by atoms with Crippen molar-refractivity contribution in [3.05, 3.63) is 57.3 Å². The first-order chi connectivity index (χ1) is 10.2. The third-order valence-electron chi connectivity index (χ3n) is 2.90. The minimum absolute atomic E-state index is 0.00949. The molecule has 1 aromatic heterocycles. The van der Waals surface area contributed by atoms with Gasteiger partial charge >= 0.3 is 0 Å². The molecule has 0 saturated heterocycles. The number of amides is 1. The number of hydrogen-bond donors (Lipinski definition) is 2. The van der Waals surface area contributed by atoms with E-state index in [1.807, 2.05) is 43.3 Å². The fraction of sp³-hybridized carbons (Fsp3) is 0.235. The summed E-state index contributed by atoms with van der Waals surface area (Å²) in [6.45, 7) is 2.40. The van der Waals surface area contributed by atoms with Gasteiger partial charge in [-0.3, -0.25) is 4.79 Å². The molecule has 0 aliphatic rings. The molecule has 108 valence electrons. The summed E-state index contributed by atoms with van der Waals surface area (Å²) in [5, 5.41) is 11.5. The maximum absolute atomic E-state index is 11.9. The van der Waals surface area contributed by atoms with Gasteiger partial charge in [0, 0.05) is 4.88 Å². The summed E-state index contributed by atoms with van der Waals surface area (Å²) in [6.07, 6.45) is 0.392. The second-order valence-electron chi connectivity index (χ2n) is 4.66. The van der Waals surface area contributed by atoms with Gasteiger partial charge in [0.05, 0.1) is 17.8 Å². The standard InChI is InChI=1S/C17H17NO2S/c1-13-4-6-14(7-5-13)11-17(20)18-12-16-9-8-15(21-16)3-2-10-19/h4-9,19H,10-12H2,1H3,(H,18,20). The Kier molecular flexibility index (Phi) is 5.56. The fourth-order valence-electron chi connectivity index (χ4n) is 1.81. The van der Waals surface area contributed by atoms with Gasteiger partial charge in [-0.15, -0.1) is 11.3 Å². The van der Waals surface area contributed by atoms with Crippen molar-refractivity contribution in [3.8, 4) is 11.8 Å². The third kappa shape index (κ3) is 5.07. The molecule has 3 nitrogen and oxygen atoms in total. The molecule has 0 bridgehead atoms. The first-order valence-electron chi connectivity index (χ1n) is 6.68. The first-order valence-corrected chi connectivity index (χ1v) is 7.49. The Morgan fingerprint density at radius 3 is 2.71 bits per heavy atom. The van der Waals surface area contributed by atoms with Crippen LogP contribution in [-0.4, -0.2) is 17.6 Å². The van der Waals surface area contributed by atoms with E-state index in [1.54, 1.807) is 0 Å². The summed E-state index contributed by atoms with van der Waals surface area (Å²) in [5.74, 6) is 5.47.